The van der Waals surface area contributed by atoms with Gasteiger partial charge in [-0.25, -0.2) is 0 Å². The molecule has 81 valence electrons. The Morgan fingerprint density at radius 1 is 0.938 bits per heavy atom. The summed E-state index contributed by atoms with van der Waals surface area (Å²) in [5, 5.41) is 0. The SMILES string of the molecule is COc1cccc([CH]c2cccc(C)c2)c1. The first-order valence-corrected chi connectivity index (χ1v) is 5.33. The number of hydrogen-bond acceptors (Lipinski definition) is 1. The van der Waals surface area contributed by atoms with Crippen molar-refractivity contribution in [2.45, 2.75) is 6.92 Å². The van der Waals surface area contributed by atoms with Crippen molar-refractivity contribution in [3.63, 3.8) is 0 Å². The van der Waals surface area contributed by atoms with E-state index in [1.54, 1.807) is 7.11 Å². The van der Waals surface area contributed by atoms with E-state index in [2.05, 4.69) is 43.7 Å². The maximum Gasteiger partial charge on any atom is 0.119 e. The predicted molar refractivity (Wildman–Crippen MR) is 66.7 cm³/mol. The van der Waals surface area contributed by atoms with Gasteiger partial charge in [0.05, 0.1) is 7.11 Å². The fourth-order valence-electron chi connectivity index (χ4n) is 1.68. The van der Waals surface area contributed by atoms with Gasteiger partial charge in [0.1, 0.15) is 5.75 Å². The molecule has 0 atom stereocenters. The first-order chi connectivity index (χ1) is 7.78. The van der Waals surface area contributed by atoms with Crippen molar-refractivity contribution in [1.29, 1.82) is 0 Å². The lowest BCUT2D eigenvalue weighted by Crippen LogP contribution is -1.88. The molecular formula is C15H15O. The van der Waals surface area contributed by atoms with Gasteiger partial charge in [-0.15, -0.1) is 0 Å². The molecule has 0 aliphatic rings. The fraction of sp³-hybridized carbons (Fsp3) is 0.133. The van der Waals surface area contributed by atoms with Gasteiger partial charge in [-0.05, 0) is 30.2 Å². The van der Waals surface area contributed by atoms with Crippen LogP contribution in [0.4, 0.5) is 0 Å². The molecular weight excluding hydrogens is 196 g/mol. The van der Waals surface area contributed by atoms with Gasteiger partial charge in [0.2, 0.25) is 0 Å². The Kier molecular flexibility index (Phi) is 3.25. The molecule has 2 aromatic rings. The maximum atomic E-state index is 5.20. The van der Waals surface area contributed by atoms with Crippen LogP contribution in [-0.4, -0.2) is 7.11 Å². The minimum Gasteiger partial charge on any atom is -0.497 e. The van der Waals surface area contributed by atoms with E-state index in [1.807, 2.05) is 18.2 Å². The lowest BCUT2D eigenvalue weighted by Gasteiger charge is -2.05. The summed E-state index contributed by atoms with van der Waals surface area (Å²) in [6, 6.07) is 16.5. The van der Waals surface area contributed by atoms with E-state index in [1.165, 1.54) is 11.1 Å². The van der Waals surface area contributed by atoms with Gasteiger partial charge >= 0.3 is 0 Å². The average molecular weight is 211 g/mol. The third-order valence-corrected chi connectivity index (χ3v) is 2.47. The Morgan fingerprint density at radius 2 is 1.62 bits per heavy atom. The number of benzene rings is 2. The highest BCUT2D eigenvalue weighted by Crippen LogP contribution is 2.18. The number of aryl methyl sites for hydroxylation is 1. The smallest absolute Gasteiger partial charge is 0.119 e. The van der Waals surface area contributed by atoms with Crippen molar-refractivity contribution >= 4 is 0 Å². The van der Waals surface area contributed by atoms with E-state index < -0.39 is 0 Å². The molecule has 0 saturated heterocycles. The number of ether oxygens (including phenoxy) is 1. The van der Waals surface area contributed by atoms with Gasteiger partial charge in [0, 0.05) is 6.42 Å². The predicted octanol–water partition coefficient (Wildman–Crippen LogP) is 3.60. The second-order valence-corrected chi connectivity index (χ2v) is 3.84. The normalized spacial score (nSPS) is 10.1. The molecule has 0 spiro atoms. The molecule has 1 radical (unpaired) electrons. The lowest BCUT2D eigenvalue weighted by molar-refractivity contribution is 0.414. The largest absolute Gasteiger partial charge is 0.497 e. The molecule has 0 fully saturated rings. The van der Waals surface area contributed by atoms with Gasteiger partial charge in [-0.2, -0.15) is 0 Å². The van der Waals surface area contributed by atoms with Crippen LogP contribution in [0.15, 0.2) is 48.5 Å². The summed E-state index contributed by atoms with van der Waals surface area (Å²) in [7, 11) is 1.69. The van der Waals surface area contributed by atoms with E-state index in [0.29, 0.717) is 0 Å². The lowest BCUT2D eigenvalue weighted by atomic mass is 10.0. The summed E-state index contributed by atoms with van der Waals surface area (Å²) in [5.74, 6) is 0.890. The molecule has 0 unspecified atom stereocenters. The van der Waals surface area contributed by atoms with Crippen LogP contribution in [0, 0.1) is 13.3 Å². The van der Waals surface area contributed by atoms with Crippen molar-refractivity contribution in [3.05, 3.63) is 71.6 Å². The zero-order valence-corrected chi connectivity index (χ0v) is 9.60. The molecule has 2 aromatic carbocycles. The van der Waals surface area contributed by atoms with E-state index >= 15 is 0 Å². The van der Waals surface area contributed by atoms with Gasteiger partial charge in [0.15, 0.2) is 0 Å². The quantitative estimate of drug-likeness (QED) is 0.753. The van der Waals surface area contributed by atoms with Gasteiger partial charge in [0.25, 0.3) is 0 Å². The molecule has 0 bridgehead atoms. The second kappa shape index (κ2) is 4.84. The summed E-state index contributed by atoms with van der Waals surface area (Å²) in [6.45, 7) is 2.10. The highest BCUT2D eigenvalue weighted by molar-refractivity contribution is 5.41. The number of methoxy groups -OCH3 is 1. The molecule has 0 heterocycles. The van der Waals surface area contributed by atoms with E-state index in [9.17, 15) is 0 Å². The van der Waals surface area contributed by atoms with Crippen LogP contribution in [-0.2, 0) is 0 Å². The summed E-state index contributed by atoms with van der Waals surface area (Å²) in [4.78, 5) is 0. The minimum absolute atomic E-state index is 0.890. The topological polar surface area (TPSA) is 9.23 Å². The Bertz CT molecular complexity index is 474. The molecule has 16 heavy (non-hydrogen) atoms. The summed E-state index contributed by atoms with van der Waals surface area (Å²) >= 11 is 0. The maximum absolute atomic E-state index is 5.20. The van der Waals surface area contributed by atoms with Crippen LogP contribution in [0.2, 0.25) is 0 Å². The molecule has 1 heteroatoms. The molecule has 0 aromatic heterocycles. The number of hydrogen-bond donors (Lipinski definition) is 0. The van der Waals surface area contributed by atoms with Gasteiger partial charge < -0.3 is 4.74 Å². The highest BCUT2D eigenvalue weighted by atomic mass is 16.5. The van der Waals surface area contributed by atoms with Crippen LogP contribution in [0.25, 0.3) is 0 Å². The Hall–Kier alpha value is -1.76. The Balaban J connectivity index is 2.20. The Labute approximate surface area is 96.7 Å². The molecule has 0 amide bonds. The number of rotatable bonds is 3. The van der Waals surface area contributed by atoms with Crippen LogP contribution in [0.5, 0.6) is 5.75 Å². The monoisotopic (exact) mass is 211 g/mol. The first-order valence-electron chi connectivity index (χ1n) is 5.33. The van der Waals surface area contributed by atoms with Gasteiger partial charge in [-0.3, -0.25) is 0 Å². The van der Waals surface area contributed by atoms with E-state index in [-0.39, 0.29) is 0 Å². The van der Waals surface area contributed by atoms with Crippen molar-refractivity contribution < 1.29 is 4.74 Å². The molecule has 2 rings (SSSR count). The van der Waals surface area contributed by atoms with E-state index in [4.69, 9.17) is 4.74 Å². The molecule has 0 N–H and O–H groups in total. The third kappa shape index (κ3) is 2.63. The van der Waals surface area contributed by atoms with Crippen molar-refractivity contribution in [2.24, 2.45) is 0 Å². The minimum atomic E-state index is 0.890. The molecule has 0 aliphatic carbocycles. The zero-order valence-electron chi connectivity index (χ0n) is 9.60. The summed E-state index contributed by atoms with van der Waals surface area (Å²) < 4.78 is 5.20. The van der Waals surface area contributed by atoms with Crippen molar-refractivity contribution in [2.75, 3.05) is 7.11 Å². The third-order valence-electron chi connectivity index (χ3n) is 2.47. The highest BCUT2D eigenvalue weighted by Gasteiger charge is 1.98. The van der Waals surface area contributed by atoms with Crippen LogP contribution >= 0.6 is 0 Å². The fourth-order valence-corrected chi connectivity index (χ4v) is 1.68. The van der Waals surface area contributed by atoms with Crippen LogP contribution < -0.4 is 4.74 Å². The Morgan fingerprint density at radius 3 is 2.31 bits per heavy atom. The van der Waals surface area contributed by atoms with Crippen LogP contribution in [0.1, 0.15) is 16.7 Å². The molecule has 0 aliphatic heterocycles. The van der Waals surface area contributed by atoms with Crippen LogP contribution in [0.3, 0.4) is 0 Å². The zero-order chi connectivity index (χ0) is 11.4. The summed E-state index contributed by atoms with van der Waals surface area (Å²) in [6.07, 6.45) is 2.15. The second-order valence-electron chi connectivity index (χ2n) is 3.84. The summed E-state index contributed by atoms with van der Waals surface area (Å²) in [5.41, 5.74) is 3.65. The molecule has 1 nitrogen and oxygen atoms in total. The molecule has 0 saturated carbocycles. The van der Waals surface area contributed by atoms with Gasteiger partial charge in [-0.1, -0.05) is 42.0 Å². The van der Waals surface area contributed by atoms with E-state index in [0.717, 1.165) is 11.3 Å². The van der Waals surface area contributed by atoms with Crippen molar-refractivity contribution in [3.8, 4) is 5.75 Å². The standard InChI is InChI=1S/C15H15O/c1-12-5-3-6-13(9-12)10-14-7-4-8-15(11-14)16-2/h3-11H,1-2H3. The first kappa shape index (κ1) is 10.7. The van der Waals surface area contributed by atoms with Crippen molar-refractivity contribution in [1.82, 2.24) is 0 Å². The average Bonchev–Trinajstić information content (AvgIpc) is 2.29.